The van der Waals surface area contributed by atoms with Crippen molar-refractivity contribution in [1.29, 1.82) is 5.41 Å². The molecule has 0 radical (unpaired) electrons. The molecule has 0 fully saturated rings. The van der Waals surface area contributed by atoms with Gasteiger partial charge in [0.25, 0.3) is 0 Å². The van der Waals surface area contributed by atoms with Crippen LogP contribution in [0.3, 0.4) is 0 Å². The van der Waals surface area contributed by atoms with Gasteiger partial charge in [0.1, 0.15) is 11.7 Å². The third-order valence-corrected chi connectivity index (χ3v) is 3.11. The smallest absolute Gasteiger partial charge is 0.139 e. The first-order chi connectivity index (χ1) is 9.32. The van der Waals surface area contributed by atoms with Gasteiger partial charge in [-0.3, -0.25) is 5.41 Å². The number of pyridine rings is 1. The second-order valence-corrected chi connectivity index (χ2v) is 5.88. The van der Waals surface area contributed by atoms with Crippen LogP contribution in [0.25, 0.3) is 0 Å². The van der Waals surface area contributed by atoms with Gasteiger partial charge in [-0.2, -0.15) is 0 Å². The van der Waals surface area contributed by atoms with Crippen LogP contribution in [0.5, 0.6) is 0 Å². The first kappa shape index (κ1) is 16.4. The Hall–Kier alpha value is -1.62. The fraction of sp³-hybridized carbons (Fsp3) is 0.600. The third kappa shape index (κ3) is 4.49. The van der Waals surface area contributed by atoms with Crippen molar-refractivity contribution in [2.45, 2.75) is 20.8 Å². The zero-order chi connectivity index (χ0) is 15.3. The number of anilines is 1. The first-order valence-corrected chi connectivity index (χ1v) is 7.02. The van der Waals surface area contributed by atoms with Crippen molar-refractivity contribution in [2.24, 2.45) is 11.7 Å². The van der Waals surface area contributed by atoms with Crippen molar-refractivity contribution in [2.75, 3.05) is 38.6 Å². The van der Waals surface area contributed by atoms with Crippen LogP contribution in [0.2, 0.25) is 0 Å². The molecule has 20 heavy (non-hydrogen) atoms. The minimum atomic E-state index is 0.0872. The van der Waals surface area contributed by atoms with Crippen LogP contribution >= 0.6 is 0 Å². The van der Waals surface area contributed by atoms with E-state index in [0.29, 0.717) is 5.92 Å². The summed E-state index contributed by atoms with van der Waals surface area (Å²) in [7, 11) is 4.12. The van der Waals surface area contributed by atoms with E-state index in [9.17, 15) is 0 Å². The molecule has 0 spiro atoms. The van der Waals surface area contributed by atoms with Gasteiger partial charge in [-0.1, -0.05) is 13.8 Å². The summed E-state index contributed by atoms with van der Waals surface area (Å²) in [6.45, 7) is 9.07. The number of nitrogens with one attached hydrogen (secondary N) is 1. The van der Waals surface area contributed by atoms with Crippen LogP contribution < -0.4 is 10.6 Å². The largest absolute Gasteiger partial charge is 0.384 e. The van der Waals surface area contributed by atoms with Crippen LogP contribution in [-0.4, -0.2) is 49.4 Å². The van der Waals surface area contributed by atoms with Crippen LogP contribution in [-0.2, 0) is 0 Å². The lowest BCUT2D eigenvalue weighted by Gasteiger charge is -2.29. The number of aryl methyl sites for hydroxylation is 1. The Balaban J connectivity index is 3.12. The van der Waals surface area contributed by atoms with Crippen LogP contribution in [0.1, 0.15) is 25.0 Å². The molecule has 0 saturated heterocycles. The lowest BCUT2D eigenvalue weighted by molar-refractivity contribution is 0.408. The lowest BCUT2D eigenvalue weighted by Crippen LogP contribution is -2.36. The summed E-state index contributed by atoms with van der Waals surface area (Å²) in [5.41, 5.74) is 7.50. The minimum absolute atomic E-state index is 0.0872. The normalized spacial score (nSPS) is 11.2. The van der Waals surface area contributed by atoms with Gasteiger partial charge in [0.15, 0.2) is 0 Å². The summed E-state index contributed by atoms with van der Waals surface area (Å²) in [5, 5.41) is 7.81. The molecular formula is C15H27N5. The summed E-state index contributed by atoms with van der Waals surface area (Å²) in [6.07, 6.45) is 1.79. The lowest BCUT2D eigenvalue weighted by atomic mass is 10.1. The maximum atomic E-state index is 7.81. The molecule has 1 heterocycles. The third-order valence-electron chi connectivity index (χ3n) is 3.11. The van der Waals surface area contributed by atoms with Crippen molar-refractivity contribution in [3.63, 3.8) is 0 Å². The number of nitrogens with zero attached hydrogens (tertiary/aromatic N) is 3. The Morgan fingerprint density at radius 2 is 2.00 bits per heavy atom. The van der Waals surface area contributed by atoms with E-state index < -0.39 is 0 Å². The van der Waals surface area contributed by atoms with Gasteiger partial charge in [0.05, 0.1) is 5.56 Å². The van der Waals surface area contributed by atoms with E-state index in [1.807, 2.05) is 13.0 Å². The zero-order valence-electron chi connectivity index (χ0n) is 13.3. The van der Waals surface area contributed by atoms with E-state index in [0.717, 1.165) is 36.6 Å². The first-order valence-electron chi connectivity index (χ1n) is 7.02. The highest BCUT2D eigenvalue weighted by Crippen LogP contribution is 2.21. The highest BCUT2D eigenvalue weighted by atomic mass is 15.2. The number of likely N-dealkylation sites (N-methyl/N-ethyl adjacent to an activating group) is 1. The monoisotopic (exact) mass is 277 g/mol. The quantitative estimate of drug-likeness (QED) is 0.588. The summed E-state index contributed by atoms with van der Waals surface area (Å²) in [6, 6.07) is 1.90. The molecule has 5 heteroatoms. The van der Waals surface area contributed by atoms with E-state index in [-0.39, 0.29) is 5.84 Å². The molecule has 0 bridgehead atoms. The molecule has 1 rings (SSSR count). The summed E-state index contributed by atoms with van der Waals surface area (Å²) >= 11 is 0. The Bertz CT molecular complexity index is 454. The van der Waals surface area contributed by atoms with Crippen molar-refractivity contribution < 1.29 is 0 Å². The van der Waals surface area contributed by atoms with Gasteiger partial charge < -0.3 is 15.5 Å². The highest BCUT2D eigenvalue weighted by molar-refractivity contribution is 6.01. The van der Waals surface area contributed by atoms with Gasteiger partial charge in [0.2, 0.25) is 0 Å². The Morgan fingerprint density at radius 1 is 1.35 bits per heavy atom. The second kappa shape index (κ2) is 7.24. The van der Waals surface area contributed by atoms with Gasteiger partial charge in [-0.05, 0) is 38.6 Å². The zero-order valence-corrected chi connectivity index (χ0v) is 13.3. The topological polar surface area (TPSA) is 69.2 Å². The van der Waals surface area contributed by atoms with E-state index in [2.05, 4.69) is 42.7 Å². The standard InChI is InChI=1S/C15H27N5/c1-11(2)10-20(9-8-19(4)5)15-13(14(16)17)12(3)6-7-18-15/h6-7,11H,8-10H2,1-5H3,(H3,16,17). The number of rotatable bonds is 7. The van der Waals surface area contributed by atoms with E-state index >= 15 is 0 Å². The molecule has 3 N–H and O–H groups in total. The molecule has 112 valence electrons. The maximum Gasteiger partial charge on any atom is 0.139 e. The molecule has 0 saturated carbocycles. The molecule has 0 aliphatic rings. The average molecular weight is 277 g/mol. The molecule has 1 aromatic heterocycles. The molecule has 5 nitrogen and oxygen atoms in total. The summed E-state index contributed by atoms with van der Waals surface area (Å²) in [5.74, 6) is 1.44. The molecular weight excluding hydrogens is 250 g/mol. The van der Waals surface area contributed by atoms with Gasteiger partial charge in [0, 0.05) is 25.8 Å². The van der Waals surface area contributed by atoms with Crippen molar-refractivity contribution in [3.8, 4) is 0 Å². The van der Waals surface area contributed by atoms with Gasteiger partial charge in [-0.15, -0.1) is 0 Å². The Labute approximate surface area is 122 Å². The predicted molar refractivity (Wildman–Crippen MR) is 85.6 cm³/mol. The number of amidine groups is 1. The van der Waals surface area contributed by atoms with E-state index in [1.165, 1.54) is 0 Å². The second-order valence-electron chi connectivity index (χ2n) is 5.88. The fourth-order valence-electron chi connectivity index (χ4n) is 2.16. The van der Waals surface area contributed by atoms with Gasteiger partial charge in [-0.25, -0.2) is 4.98 Å². The minimum Gasteiger partial charge on any atom is -0.384 e. The Morgan fingerprint density at radius 3 is 2.50 bits per heavy atom. The molecule has 1 aromatic rings. The Kier molecular flexibility index (Phi) is 5.95. The number of hydrogen-bond donors (Lipinski definition) is 2. The number of nitrogens with two attached hydrogens (primary N) is 1. The van der Waals surface area contributed by atoms with Crippen molar-refractivity contribution >= 4 is 11.7 Å². The summed E-state index contributed by atoms with van der Waals surface area (Å²) < 4.78 is 0. The molecule has 0 unspecified atom stereocenters. The fourth-order valence-corrected chi connectivity index (χ4v) is 2.16. The SMILES string of the molecule is Cc1ccnc(N(CCN(C)C)CC(C)C)c1C(=N)N. The van der Waals surface area contributed by atoms with E-state index in [4.69, 9.17) is 11.1 Å². The predicted octanol–water partition coefficient (Wildman–Crippen LogP) is 1.70. The van der Waals surface area contributed by atoms with Crippen LogP contribution in [0.15, 0.2) is 12.3 Å². The van der Waals surface area contributed by atoms with Crippen LogP contribution in [0.4, 0.5) is 5.82 Å². The molecule has 0 atom stereocenters. The summed E-state index contributed by atoms with van der Waals surface area (Å²) in [4.78, 5) is 8.86. The van der Waals surface area contributed by atoms with Crippen LogP contribution in [0, 0.1) is 18.3 Å². The van der Waals surface area contributed by atoms with E-state index in [1.54, 1.807) is 6.20 Å². The number of nitrogen functional groups attached to an aromatic ring is 1. The molecule has 0 aromatic carbocycles. The number of hydrogen-bond acceptors (Lipinski definition) is 4. The molecule has 0 aliphatic carbocycles. The molecule has 0 aliphatic heterocycles. The maximum absolute atomic E-state index is 7.81. The van der Waals surface area contributed by atoms with Crippen molar-refractivity contribution in [1.82, 2.24) is 9.88 Å². The van der Waals surface area contributed by atoms with Crippen molar-refractivity contribution in [3.05, 3.63) is 23.4 Å². The average Bonchev–Trinajstić information content (AvgIpc) is 2.33. The van der Waals surface area contributed by atoms with Gasteiger partial charge >= 0.3 is 0 Å². The molecule has 0 amide bonds. The number of aromatic nitrogens is 1. The highest BCUT2D eigenvalue weighted by Gasteiger charge is 2.17.